The molecular weight excluding hydrogens is 355 g/mol. The first-order valence-corrected chi connectivity index (χ1v) is 9.34. The van der Waals surface area contributed by atoms with E-state index in [0.717, 1.165) is 42.3 Å². The highest BCUT2D eigenvalue weighted by Crippen LogP contribution is 2.47. The van der Waals surface area contributed by atoms with Crippen LogP contribution >= 0.6 is 0 Å². The monoisotopic (exact) mass is 378 g/mol. The van der Waals surface area contributed by atoms with E-state index in [1.54, 1.807) is 36.3 Å². The summed E-state index contributed by atoms with van der Waals surface area (Å²) in [4.78, 5) is 8.65. The lowest BCUT2D eigenvalue weighted by Gasteiger charge is -2.19. The minimum absolute atomic E-state index is 0.00362. The Bertz CT molecular complexity index is 963. The molecule has 0 radical (unpaired) electrons. The summed E-state index contributed by atoms with van der Waals surface area (Å²) in [5.74, 6) is 1.31. The second kappa shape index (κ2) is 7.80. The Labute approximate surface area is 163 Å². The molecule has 3 aromatic rings. The summed E-state index contributed by atoms with van der Waals surface area (Å²) in [5.41, 5.74) is 2.13. The van der Waals surface area contributed by atoms with E-state index in [1.807, 2.05) is 30.5 Å². The minimum Gasteiger partial charge on any atom is -0.356 e. The topological polar surface area (TPSA) is 67.1 Å². The molecule has 0 unspecified atom stereocenters. The summed E-state index contributed by atoms with van der Waals surface area (Å²) in [6, 6.07) is 12.7. The van der Waals surface area contributed by atoms with Gasteiger partial charge in [0.1, 0.15) is 5.82 Å². The number of aromatic nitrogens is 3. The van der Waals surface area contributed by atoms with Crippen LogP contribution in [0.5, 0.6) is 0 Å². The van der Waals surface area contributed by atoms with Gasteiger partial charge in [0.15, 0.2) is 11.8 Å². The second-order valence-electron chi connectivity index (χ2n) is 7.04. The largest absolute Gasteiger partial charge is 0.356 e. The van der Waals surface area contributed by atoms with Crippen LogP contribution in [0.1, 0.15) is 24.0 Å². The van der Waals surface area contributed by atoms with E-state index in [9.17, 15) is 4.39 Å². The fraction of sp³-hybridized carbons (Fsp3) is 0.286. The van der Waals surface area contributed by atoms with Crippen LogP contribution in [0.2, 0.25) is 0 Å². The van der Waals surface area contributed by atoms with Crippen molar-refractivity contribution in [2.24, 2.45) is 4.99 Å². The summed E-state index contributed by atoms with van der Waals surface area (Å²) in [6.45, 7) is 1.34. The maximum absolute atomic E-state index is 13.6. The third-order valence-corrected chi connectivity index (χ3v) is 5.12. The highest BCUT2D eigenvalue weighted by molar-refractivity contribution is 5.79. The number of aliphatic imine (C=N–C) groups is 1. The maximum Gasteiger partial charge on any atom is 0.191 e. The van der Waals surface area contributed by atoms with Crippen molar-refractivity contribution in [2.75, 3.05) is 13.6 Å². The van der Waals surface area contributed by atoms with Gasteiger partial charge in [0, 0.05) is 44.1 Å². The van der Waals surface area contributed by atoms with Crippen LogP contribution in [0.15, 0.2) is 66.0 Å². The van der Waals surface area contributed by atoms with E-state index in [4.69, 9.17) is 0 Å². The minimum atomic E-state index is -0.183. The molecule has 28 heavy (non-hydrogen) atoms. The highest BCUT2D eigenvalue weighted by atomic mass is 19.1. The Balaban J connectivity index is 1.35. The molecule has 0 atom stereocenters. The molecule has 4 rings (SSSR count). The molecule has 2 aromatic heterocycles. The van der Waals surface area contributed by atoms with E-state index < -0.39 is 0 Å². The van der Waals surface area contributed by atoms with Gasteiger partial charge in [0.25, 0.3) is 0 Å². The quantitative estimate of drug-likeness (QED) is 0.511. The van der Waals surface area contributed by atoms with Crippen molar-refractivity contribution in [3.63, 3.8) is 0 Å². The fourth-order valence-electron chi connectivity index (χ4n) is 3.30. The van der Waals surface area contributed by atoms with Gasteiger partial charge in [-0.25, -0.2) is 14.1 Å². The predicted molar refractivity (Wildman–Crippen MR) is 107 cm³/mol. The van der Waals surface area contributed by atoms with Crippen molar-refractivity contribution >= 4 is 5.96 Å². The number of rotatable bonds is 6. The lowest BCUT2D eigenvalue weighted by Crippen LogP contribution is -2.40. The molecule has 1 aromatic carbocycles. The van der Waals surface area contributed by atoms with Crippen LogP contribution < -0.4 is 10.6 Å². The smallest absolute Gasteiger partial charge is 0.191 e. The third-order valence-electron chi connectivity index (χ3n) is 5.12. The van der Waals surface area contributed by atoms with Gasteiger partial charge in [-0.05, 0) is 54.3 Å². The molecule has 0 amide bonds. The van der Waals surface area contributed by atoms with E-state index in [1.165, 1.54) is 6.07 Å². The van der Waals surface area contributed by atoms with Crippen molar-refractivity contribution in [3.8, 4) is 5.82 Å². The Morgan fingerprint density at radius 2 is 2.07 bits per heavy atom. The molecular formula is C21H23FN6. The van der Waals surface area contributed by atoms with Crippen LogP contribution in [0.25, 0.3) is 5.82 Å². The Hall–Kier alpha value is -3.22. The molecule has 144 valence electrons. The predicted octanol–water partition coefficient (Wildman–Crippen LogP) is 2.80. The van der Waals surface area contributed by atoms with Crippen LogP contribution in [0.3, 0.4) is 0 Å². The van der Waals surface area contributed by atoms with E-state index in [2.05, 4.69) is 25.7 Å². The first kappa shape index (κ1) is 18.2. The fourth-order valence-corrected chi connectivity index (χ4v) is 3.30. The van der Waals surface area contributed by atoms with Crippen LogP contribution in [-0.4, -0.2) is 34.3 Å². The van der Waals surface area contributed by atoms with Crippen molar-refractivity contribution < 1.29 is 4.39 Å². The molecule has 1 saturated carbocycles. The molecule has 2 N–H and O–H groups in total. The molecule has 7 heteroatoms. The third kappa shape index (κ3) is 4.03. The van der Waals surface area contributed by atoms with Gasteiger partial charge >= 0.3 is 0 Å². The van der Waals surface area contributed by atoms with E-state index >= 15 is 0 Å². The summed E-state index contributed by atoms with van der Waals surface area (Å²) in [5, 5.41) is 10.9. The Kier molecular flexibility index (Phi) is 5.06. The van der Waals surface area contributed by atoms with Crippen molar-refractivity contribution in [2.45, 2.75) is 24.8 Å². The molecule has 0 spiro atoms. The first-order valence-electron chi connectivity index (χ1n) is 9.34. The van der Waals surface area contributed by atoms with E-state index in [0.29, 0.717) is 6.54 Å². The van der Waals surface area contributed by atoms with Crippen LogP contribution in [0, 0.1) is 5.82 Å². The van der Waals surface area contributed by atoms with Gasteiger partial charge in [-0.1, -0.05) is 12.1 Å². The summed E-state index contributed by atoms with van der Waals surface area (Å²) >= 11 is 0. The molecule has 1 fully saturated rings. The number of guanidine groups is 1. The van der Waals surface area contributed by atoms with Crippen LogP contribution in [0.4, 0.5) is 4.39 Å². The molecule has 6 nitrogen and oxygen atoms in total. The molecule has 1 aliphatic carbocycles. The molecule has 0 saturated heterocycles. The Morgan fingerprint density at radius 1 is 1.18 bits per heavy atom. The zero-order valence-corrected chi connectivity index (χ0v) is 15.8. The van der Waals surface area contributed by atoms with Gasteiger partial charge in [-0.15, -0.1) is 0 Å². The number of halogens is 1. The lowest BCUT2D eigenvalue weighted by atomic mass is 9.96. The second-order valence-corrected chi connectivity index (χ2v) is 7.04. The van der Waals surface area contributed by atoms with Gasteiger partial charge in [-0.3, -0.25) is 4.99 Å². The molecule has 0 aliphatic heterocycles. The molecule has 0 bridgehead atoms. The zero-order valence-electron chi connectivity index (χ0n) is 15.8. The molecule has 2 heterocycles. The number of hydrogen-bond acceptors (Lipinski definition) is 3. The van der Waals surface area contributed by atoms with Gasteiger partial charge < -0.3 is 10.6 Å². The number of pyridine rings is 1. The summed E-state index contributed by atoms with van der Waals surface area (Å²) in [6.07, 6.45) is 7.47. The molecule has 1 aliphatic rings. The number of benzene rings is 1. The van der Waals surface area contributed by atoms with Gasteiger partial charge in [0.05, 0.1) is 0 Å². The van der Waals surface area contributed by atoms with Crippen molar-refractivity contribution in [3.05, 3.63) is 78.0 Å². The normalized spacial score (nSPS) is 15.3. The van der Waals surface area contributed by atoms with E-state index in [-0.39, 0.29) is 11.2 Å². The zero-order chi connectivity index (χ0) is 19.4. The highest BCUT2D eigenvalue weighted by Gasteiger charge is 2.44. The number of nitrogens with one attached hydrogen (secondary N) is 2. The first-order chi connectivity index (χ1) is 13.7. The average Bonchev–Trinajstić information content (AvgIpc) is 3.31. The number of nitrogens with zero attached hydrogens (tertiary/aromatic N) is 4. The standard InChI is InChI=1S/C21H23FN6/c1-23-20(26-15-21(7-8-21)17-4-2-5-18(22)13-17)25-14-16-6-10-24-19(12-16)28-11-3-9-27-28/h2-6,9-13H,7-8,14-15H2,1H3,(H2,23,25,26). The van der Waals surface area contributed by atoms with Crippen LogP contribution in [-0.2, 0) is 12.0 Å². The summed E-state index contributed by atoms with van der Waals surface area (Å²) < 4.78 is 15.3. The maximum atomic E-state index is 13.6. The number of hydrogen-bond donors (Lipinski definition) is 2. The Morgan fingerprint density at radius 3 is 2.79 bits per heavy atom. The van der Waals surface area contributed by atoms with Gasteiger partial charge in [-0.2, -0.15) is 5.10 Å². The average molecular weight is 378 g/mol. The van der Waals surface area contributed by atoms with Crippen molar-refractivity contribution in [1.82, 2.24) is 25.4 Å². The van der Waals surface area contributed by atoms with Crippen molar-refractivity contribution in [1.29, 1.82) is 0 Å². The summed E-state index contributed by atoms with van der Waals surface area (Å²) in [7, 11) is 1.75. The van der Waals surface area contributed by atoms with Gasteiger partial charge in [0.2, 0.25) is 0 Å². The SMILES string of the molecule is CN=C(NCc1ccnc(-n2cccn2)c1)NCC1(c2cccc(F)c2)CC1. The lowest BCUT2D eigenvalue weighted by molar-refractivity contribution is 0.607.